The Hall–Kier alpha value is -2.28. The number of nitrogens with one attached hydrogen (secondary N) is 1. The van der Waals surface area contributed by atoms with E-state index in [9.17, 15) is 0 Å². The van der Waals surface area contributed by atoms with Crippen molar-refractivity contribution in [1.82, 2.24) is 25.2 Å². The highest BCUT2D eigenvalue weighted by atomic mass is 32.1. The van der Waals surface area contributed by atoms with Gasteiger partial charge < -0.3 is 5.32 Å². The molecule has 2 aromatic heterocycles. The molecule has 7 heteroatoms. The van der Waals surface area contributed by atoms with Gasteiger partial charge in [-0.3, -0.25) is 0 Å². The van der Waals surface area contributed by atoms with Gasteiger partial charge in [-0.1, -0.05) is 0 Å². The van der Waals surface area contributed by atoms with Crippen LogP contribution in [0.2, 0.25) is 0 Å². The Labute approximate surface area is 107 Å². The van der Waals surface area contributed by atoms with Gasteiger partial charge in [0, 0.05) is 11.1 Å². The molecule has 0 bridgehead atoms. The Kier molecular flexibility index (Phi) is 2.97. The molecule has 0 fully saturated rings. The quantitative estimate of drug-likeness (QED) is 0.772. The van der Waals surface area contributed by atoms with Gasteiger partial charge in [-0.2, -0.15) is 0 Å². The molecule has 3 aromatic rings. The lowest BCUT2D eigenvalue weighted by molar-refractivity contribution is 0.789. The number of tetrazole rings is 1. The van der Waals surface area contributed by atoms with Crippen molar-refractivity contribution >= 4 is 17.0 Å². The van der Waals surface area contributed by atoms with Crippen molar-refractivity contribution < 1.29 is 0 Å². The predicted molar refractivity (Wildman–Crippen MR) is 68.6 cm³/mol. The fourth-order valence-electron chi connectivity index (χ4n) is 1.53. The summed E-state index contributed by atoms with van der Waals surface area (Å²) in [6.07, 6.45) is 1.57. The number of aromatic nitrogens is 5. The molecule has 0 amide bonds. The maximum Gasteiger partial charge on any atom is 0.143 e. The van der Waals surface area contributed by atoms with Gasteiger partial charge in [0.05, 0.1) is 23.4 Å². The monoisotopic (exact) mass is 258 g/mol. The second kappa shape index (κ2) is 4.92. The molecule has 0 aliphatic carbocycles. The summed E-state index contributed by atoms with van der Waals surface area (Å²) in [6, 6.07) is 7.90. The van der Waals surface area contributed by atoms with Gasteiger partial charge in [0.2, 0.25) is 0 Å². The van der Waals surface area contributed by atoms with E-state index in [0.29, 0.717) is 0 Å². The van der Waals surface area contributed by atoms with Crippen LogP contribution in [0.1, 0.15) is 5.69 Å². The number of nitrogens with zero attached hydrogens (tertiary/aromatic N) is 5. The molecule has 18 heavy (non-hydrogen) atoms. The Bertz CT molecular complexity index is 587. The molecular formula is C11H10N6S. The first kappa shape index (κ1) is 10.8. The summed E-state index contributed by atoms with van der Waals surface area (Å²) in [5.41, 5.74) is 4.85. The molecule has 1 N–H and O–H groups in total. The summed E-state index contributed by atoms with van der Waals surface area (Å²) in [4.78, 5) is 4.21. The number of benzene rings is 1. The van der Waals surface area contributed by atoms with Crippen molar-refractivity contribution in [1.29, 1.82) is 0 Å². The van der Waals surface area contributed by atoms with E-state index in [-0.39, 0.29) is 0 Å². The lowest BCUT2D eigenvalue weighted by Gasteiger charge is -2.05. The Balaban J connectivity index is 1.68. The summed E-state index contributed by atoms with van der Waals surface area (Å²) in [7, 11) is 0. The first-order valence-corrected chi connectivity index (χ1v) is 6.30. The Morgan fingerprint density at radius 2 is 2.11 bits per heavy atom. The van der Waals surface area contributed by atoms with Crippen molar-refractivity contribution in [3.05, 3.63) is 47.2 Å². The van der Waals surface area contributed by atoms with E-state index >= 15 is 0 Å². The highest BCUT2D eigenvalue weighted by Crippen LogP contribution is 2.13. The van der Waals surface area contributed by atoms with Crippen LogP contribution in [-0.2, 0) is 6.54 Å². The Morgan fingerprint density at radius 3 is 2.78 bits per heavy atom. The SMILES string of the molecule is c1nc(CNc2ccc(-n3cnnn3)cc2)cs1. The summed E-state index contributed by atoms with van der Waals surface area (Å²) in [5.74, 6) is 0. The zero-order valence-corrected chi connectivity index (χ0v) is 10.2. The molecule has 2 heterocycles. The molecule has 0 spiro atoms. The molecule has 0 atom stereocenters. The number of thiazole rings is 1. The topological polar surface area (TPSA) is 68.5 Å². The first-order chi connectivity index (χ1) is 8.92. The maximum atomic E-state index is 4.21. The van der Waals surface area contributed by atoms with Crippen LogP contribution in [0.3, 0.4) is 0 Å². The van der Waals surface area contributed by atoms with Crippen LogP contribution in [0.4, 0.5) is 5.69 Å². The van der Waals surface area contributed by atoms with E-state index in [4.69, 9.17) is 0 Å². The van der Waals surface area contributed by atoms with Crippen molar-refractivity contribution in [3.8, 4) is 5.69 Å². The fraction of sp³-hybridized carbons (Fsp3) is 0.0909. The van der Waals surface area contributed by atoms with Crippen molar-refractivity contribution in [2.45, 2.75) is 6.54 Å². The lowest BCUT2D eigenvalue weighted by atomic mass is 10.3. The highest BCUT2D eigenvalue weighted by molar-refractivity contribution is 7.07. The van der Waals surface area contributed by atoms with Crippen LogP contribution in [0.15, 0.2) is 41.5 Å². The van der Waals surface area contributed by atoms with Crippen molar-refractivity contribution in [3.63, 3.8) is 0 Å². The van der Waals surface area contributed by atoms with Gasteiger partial charge >= 0.3 is 0 Å². The van der Waals surface area contributed by atoms with Gasteiger partial charge in [0.15, 0.2) is 0 Å². The van der Waals surface area contributed by atoms with Crippen LogP contribution in [-0.4, -0.2) is 25.2 Å². The van der Waals surface area contributed by atoms with Crippen LogP contribution >= 0.6 is 11.3 Å². The van der Waals surface area contributed by atoms with Crippen molar-refractivity contribution in [2.24, 2.45) is 0 Å². The third-order valence-corrected chi connectivity index (χ3v) is 3.07. The average Bonchev–Trinajstić information content (AvgIpc) is 3.10. The van der Waals surface area contributed by atoms with Gasteiger partial charge in [0.1, 0.15) is 6.33 Å². The van der Waals surface area contributed by atoms with Crippen LogP contribution in [0.25, 0.3) is 5.69 Å². The minimum absolute atomic E-state index is 0.730. The first-order valence-electron chi connectivity index (χ1n) is 5.36. The normalized spacial score (nSPS) is 10.4. The van der Waals surface area contributed by atoms with Crippen LogP contribution < -0.4 is 5.32 Å². The summed E-state index contributed by atoms with van der Waals surface area (Å²) in [5, 5.41) is 16.4. The summed E-state index contributed by atoms with van der Waals surface area (Å²) in [6.45, 7) is 0.730. The number of hydrogen-bond acceptors (Lipinski definition) is 6. The number of anilines is 1. The van der Waals surface area contributed by atoms with Gasteiger partial charge in [-0.05, 0) is 34.7 Å². The van der Waals surface area contributed by atoms with E-state index in [2.05, 4.69) is 25.8 Å². The molecule has 0 unspecified atom stereocenters. The summed E-state index contributed by atoms with van der Waals surface area (Å²) < 4.78 is 1.62. The summed E-state index contributed by atoms with van der Waals surface area (Å²) >= 11 is 1.60. The fourth-order valence-corrected chi connectivity index (χ4v) is 2.09. The molecule has 0 saturated heterocycles. The van der Waals surface area contributed by atoms with Crippen molar-refractivity contribution in [2.75, 3.05) is 5.32 Å². The van der Waals surface area contributed by atoms with Gasteiger partial charge in [0.25, 0.3) is 0 Å². The second-order valence-electron chi connectivity index (χ2n) is 3.63. The third kappa shape index (κ3) is 2.35. The molecular weight excluding hydrogens is 248 g/mol. The smallest absolute Gasteiger partial charge is 0.143 e. The van der Waals surface area contributed by atoms with Gasteiger partial charge in [-0.25, -0.2) is 9.67 Å². The van der Waals surface area contributed by atoms with Crippen LogP contribution in [0, 0.1) is 0 Å². The van der Waals surface area contributed by atoms with Gasteiger partial charge in [-0.15, -0.1) is 16.4 Å². The third-order valence-electron chi connectivity index (χ3n) is 2.44. The number of rotatable bonds is 4. The molecule has 90 valence electrons. The van der Waals surface area contributed by atoms with E-state index < -0.39 is 0 Å². The molecule has 3 rings (SSSR count). The Morgan fingerprint density at radius 1 is 1.22 bits per heavy atom. The standard InChI is InChI=1S/C11H10N6S/c1-3-11(17-7-14-15-16-17)4-2-9(1)12-5-10-6-18-8-13-10/h1-4,6-8,12H,5H2. The number of hydrogen-bond donors (Lipinski definition) is 1. The minimum Gasteiger partial charge on any atom is -0.379 e. The molecule has 1 aromatic carbocycles. The van der Waals surface area contributed by atoms with E-state index in [1.165, 1.54) is 0 Å². The zero-order chi connectivity index (χ0) is 12.2. The predicted octanol–water partition coefficient (Wildman–Crippen LogP) is 1.73. The molecule has 0 radical (unpaired) electrons. The second-order valence-corrected chi connectivity index (χ2v) is 4.35. The molecule has 0 aliphatic rings. The largest absolute Gasteiger partial charge is 0.379 e. The van der Waals surface area contributed by atoms with Crippen LogP contribution in [0.5, 0.6) is 0 Å². The average molecular weight is 258 g/mol. The molecule has 0 saturated carbocycles. The van der Waals surface area contributed by atoms with E-state index in [1.807, 2.05) is 35.2 Å². The minimum atomic E-state index is 0.730. The highest BCUT2D eigenvalue weighted by Gasteiger charge is 1.99. The van der Waals surface area contributed by atoms with E-state index in [1.54, 1.807) is 22.3 Å². The molecule has 6 nitrogen and oxygen atoms in total. The maximum absolute atomic E-state index is 4.21. The molecule has 0 aliphatic heterocycles. The van der Waals surface area contributed by atoms with E-state index in [0.717, 1.165) is 23.6 Å². The zero-order valence-electron chi connectivity index (χ0n) is 9.39. The lowest BCUT2D eigenvalue weighted by Crippen LogP contribution is -2.00.